The first-order valence-corrected chi connectivity index (χ1v) is 8.99. The molecular formula is C19H26N6O2. The third-order valence-corrected chi connectivity index (χ3v) is 4.47. The molecule has 2 heterocycles. The minimum absolute atomic E-state index is 0.246. The van der Waals surface area contributed by atoms with Crippen molar-refractivity contribution >= 4 is 22.8 Å². The van der Waals surface area contributed by atoms with E-state index >= 15 is 0 Å². The van der Waals surface area contributed by atoms with Crippen molar-refractivity contribution in [2.24, 2.45) is 0 Å². The number of unbranched alkanes of at least 4 members (excludes halogenated alkanes) is 1. The summed E-state index contributed by atoms with van der Waals surface area (Å²) in [6.07, 6.45) is 4.05. The Balaban J connectivity index is 2.01. The summed E-state index contributed by atoms with van der Waals surface area (Å²) in [6, 6.07) is 5.71. The van der Waals surface area contributed by atoms with Gasteiger partial charge in [0.25, 0.3) is 0 Å². The zero-order valence-electron chi connectivity index (χ0n) is 16.3. The highest BCUT2D eigenvalue weighted by molar-refractivity contribution is 5.86. The van der Waals surface area contributed by atoms with Crippen LogP contribution in [-0.4, -0.2) is 47.6 Å². The predicted molar refractivity (Wildman–Crippen MR) is 107 cm³/mol. The lowest BCUT2D eigenvalue weighted by molar-refractivity contribution is 0.382. The molecule has 144 valence electrons. The molecule has 8 nitrogen and oxygen atoms in total. The molecule has 1 aromatic carbocycles. The van der Waals surface area contributed by atoms with E-state index in [9.17, 15) is 0 Å². The first kappa shape index (κ1) is 18.8. The molecule has 0 fully saturated rings. The second-order valence-electron chi connectivity index (χ2n) is 6.38. The molecule has 0 radical (unpaired) electrons. The Labute approximate surface area is 158 Å². The molecule has 2 N–H and O–H groups in total. The summed E-state index contributed by atoms with van der Waals surface area (Å²) in [5, 5.41) is 4.71. The number of hydrogen-bond donors (Lipinski definition) is 1. The minimum atomic E-state index is 0.246. The summed E-state index contributed by atoms with van der Waals surface area (Å²) in [7, 11) is 5.29. The highest BCUT2D eigenvalue weighted by atomic mass is 16.5. The summed E-state index contributed by atoms with van der Waals surface area (Å²) in [4.78, 5) is 10.8. The molecule has 0 aliphatic rings. The van der Waals surface area contributed by atoms with Crippen molar-refractivity contribution in [1.29, 1.82) is 0 Å². The molecule has 0 aliphatic heterocycles. The van der Waals surface area contributed by atoms with Gasteiger partial charge in [0.2, 0.25) is 5.95 Å². The molecule has 0 saturated carbocycles. The Kier molecular flexibility index (Phi) is 5.63. The van der Waals surface area contributed by atoms with Crippen LogP contribution in [0.5, 0.6) is 11.5 Å². The zero-order valence-corrected chi connectivity index (χ0v) is 16.3. The number of ether oxygens (including phenoxy) is 2. The fourth-order valence-electron chi connectivity index (χ4n) is 3.06. The van der Waals surface area contributed by atoms with Gasteiger partial charge >= 0.3 is 0 Å². The van der Waals surface area contributed by atoms with E-state index in [4.69, 9.17) is 20.3 Å². The fraction of sp³-hybridized carbons (Fsp3) is 0.421. The number of fused-ring (bicyclic) bond motifs is 1. The Morgan fingerprint density at radius 1 is 1.15 bits per heavy atom. The molecule has 0 saturated heterocycles. The summed E-state index contributed by atoms with van der Waals surface area (Å²) in [5.41, 5.74) is 8.28. The van der Waals surface area contributed by atoms with Crippen molar-refractivity contribution in [1.82, 2.24) is 19.7 Å². The highest BCUT2D eigenvalue weighted by Crippen LogP contribution is 2.30. The molecule has 0 spiro atoms. The standard InChI is InChI=1S/C19H26N6O2/c1-5-6-10-24(2)18-17-14(21-19(20)22-18)12-25(23-17)11-13-15(26-3)8-7-9-16(13)27-4/h7-9,12H,5-6,10-11H2,1-4H3,(H2,20,21). The average Bonchev–Trinajstić information content (AvgIpc) is 3.07. The molecule has 0 aliphatic carbocycles. The molecule has 8 heteroatoms. The van der Waals surface area contributed by atoms with Gasteiger partial charge in [0, 0.05) is 13.6 Å². The van der Waals surface area contributed by atoms with Crippen LogP contribution in [-0.2, 0) is 6.54 Å². The summed E-state index contributed by atoms with van der Waals surface area (Å²) >= 11 is 0. The number of rotatable bonds is 8. The maximum atomic E-state index is 5.92. The van der Waals surface area contributed by atoms with Crippen molar-refractivity contribution in [3.8, 4) is 11.5 Å². The lowest BCUT2D eigenvalue weighted by Crippen LogP contribution is -2.20. The maximum Gasteiger partial charge on any atom is 0.222 e. The van der Waals surface area contributed by atoms with Crippen molar-refractivity contribution in [3.63, 3.8) is 0 Å². The summed E-state index contributed by atoms with van der Waals surface area (Å²) in [5.74, 6) is 2.49. The average molecular weight is 370 g/mol. The topological polar surface area (TPSA) is 91.3 Å². The van der Waals surface area contributed by atoms with Gasteiger partial charge in [-0.15, -0.1) is 0 Å². The Morgan fingerprint density at radius 3 is 2.48 bits per heavy atom. The Hall–Kier alpha value is -3.03. The van der Waals surface area contributed by atoms with Crippen molar-refractivity contribution in [2.45, 2.75) is 26.3 Å². The van der Waals surface area contributed by atoms with Gasteiger partial charge in [-0.1, -0.05) is 19.4 Å². The van der Waals surface area contributed by atoms with Crippen LogP contribution in [0.4, 0.5) is 11.8 Å². The quantitative estimate of drug-likeness (QED) is 0.652. The van der Waals surface area contributed by atoms with Gasteiger partial charge in [0.15, 0.2) is 11.3 Å². The van der Waals surface area contributed by atoms with E-state index in [-0.39, 0.29) is 5.95 Å². The Morgan fingerprint density at radius 2 is 1.85 bits per heavy atom. The van der Waals surface area contributed by atoms with Crippen molar-refractivity contribution < 1.29 is 9.47 Å². The van der Waals surface area contributed by atoms with Gasteiger partial charge in [0.05, 0.1) is 32.5 Å². The van der Waals surface area contributed by atoms with Crippen LogP contribution in [0.15, 0.2) is 24.4 Å². The SMILES string of the molecule is CCCCN(C)c1nc(N)nc2cn(Cc3c(OC)cccc3OC)nc12. The smallest absolute Gasteiger partial charge is 0.222 e. The molecular weight excluding hydrogens is 344 g/mol. The van der Waals surface area contributed by atoms with Crippen LogP contribution in [0.2, 0.25) is 0 Å². The zero-order chi connectivity index (χ0) is 19.4. The van der Waals surface area contributed by atoms with Crippen molar-refractivity contribution in [2.75, 3.05) is 38.4 Å². The maximum absolute atomic E-state index is 5.92. The molecule has 3 aromatic rings. The molecule has 0 unspecified atom stereocenters. The van der Waals surface area contributed by atoms with Crippen LogP contribution in [0.3, 0.4) is 0 Å². The predicted octanol–water partition coefficient (Wildman–Crippen LogP) is 2.71. The number of aromatic nitrogens is 4. The monoisotopic (exact) mass is 370 g/mol. The van der Waals surface area contributed by atoms with Gasteiger partial charge in [-0.05, 0) is 18.6 Å². The lowest BCUT2D eigenvalue weighted by atomic mass is 10.1. The number of nitrogens with two attached hydrogens (primary N) is 1. The van der Waals surface area contributed by atoms with E-state index in [1.165, 1.54) is 0 Å². The normalized spacial score (nSPS) is 11.0. The van der Waals surface area contributed by atoms with Gasteiger partial charge in [0.1, 0.15) is 17.0 Å². The van der Waals surface area contributed by atoms with E-state index in [0.717, 1.165) is 53.3 Å². The van der Waals surface area contributed by atoms with Gasteiger partial charge < -0.3 is 20.1 Å². The van der Waals surface area contributed by atoms with E-state index in [1.807, 2.05) is 36.1 Å². The van der Waals surface area contributed by atoms with Crippen molar-refractivity contribution in [3.05, 3.63) is 30.0 Å². The second kappa shape index (κ2) is 8.11. The molecule has 3 rings (SSSR count). The van der Waals surface area contributed by atoms with Crippen LogP contribution in [0.1, 0.15) is 25.3 Å². The number of benzene rings is 1. The van der Waals surface area contributed by atoms with Gasteiger partial charge in [-0.3, -0.25) is 4.68 Å². The van der Waals surface area contributed by atoms with Gasteiger partial charge in [-0.2, -0.15) is 10.1 Å². The van der Waals surface area contributed by atoms with E-state index in [0.29, 0.717) is 6.54 Å². The van der Waals surface area contributed by atoms with Gasteiger partial charge in [-0.25, -0.2) is 4.98 Å². The summed E-state index contributed by atoms with van der Waals surface area (Å²) in [6.45, 7) is 3.53. The molecule has 0 amide bonds. The van der Waals surface area contributed by atoms with E-state index in [1.54, 1.807) is 14.2 Å². The van der Waals surface area contributed by atoms with Crippen LogP contribution in [0.25, 0.3) is 11.0 Å². The minimum Gasteiger partial charge on any atom is -0.496 e. The highest BCUT2D eigenvalue weighted by Gasteiger charge is 2.16. The molecule has 0 bridgehead atoms. The lowest BCUT2D eigenvalue weighted by Gasteiger charge is -2.17. The second-order valence-corrected chi connectivity index (χ2v) is 6.38. The van der Waals surface area contributed by atoms with E-state index in [2.05, 4.69) is 21.8 Å². The van der Waals surface area contributed by atoms with E-state index < -0.39 is 0 Å². The third-order valence-electron chi connectivity index (χ3n) is 4.47. The number of nitrogen functional groups attached to an aromatic ring is 1. The molecule has 0 atom stereocenters. The first-order valence-electron chi connectivity index (χ1n) is 8.99. The fourth-order valence-corrected chi connectivity index (χ4v) is 3.06. The molecule has 2 aromatic heterocycles. The number of methoxy groups -OCH3 is 2. The summed E-state index contributed by atoms with van der Waals surface area (Å²) < 4.78 is 12.8. The number of hydrogen-bond acceptors (Lipinski definition) is 7. The molecule has 27 heavy (non-hydrogen) atoms. The third kappa shape index (κ3) is 3.89. The Bertz CT molecular complexity index is 902. The van der Waals surface area contributed by atoms with Crippen LogP contribution < -0.4 is 20.1 Å². The number of nitrogens with zero attached hydrogens (tertiary/aromatic N) is 5. The first-order chi connectivity index (χ1) is 13.1. The van der Waals surface area contributed by atoms with Crippen LogP contribution >= 0.6 is 0 Å². The number of anilines is 2. The largest absolute Gasteiger partial charge is 0.496 e. The van der Waals surface area contributed by atoms with Crippen LogP contribution in [0, 0.1) is 0 Å².